The second-order valence-electron chi connectivity index (χ2n) is 5.79. The number of halogens is 3. The largest absolute Gasteiger partial charge is 0.251 e. The van der Waals surface area contributed by atoms with Gasteiger partial charge in [-0.05, 0) is 5.92 Å². The van der Waals surface area contributed by atoms with Crippen LogP contribution in [0.15, 0.2) is 0 Å². The molecule has 0 aromatic rings. The van der Waals surface area contributed by atoms with Crippen molar-refractivity contribution < 1.29 is 13.2 Å². The molecule has 0 saturated carbocycles. The summed E-state index contributed by atoms with van der Waals surface area (Å²) in [6.45, 7) is 6.31. The fourth-order valence-electron chi connectivity index (χ4n) is 2.77. The summed E-state index contributed by atoms with van der Waals surface area (Å²) in [4.78, 5) is 0. The summed E-state index contributed by atoms with van der Waals surface area (Å²) in [6.07, 6.45) is 1.04. The van der Waals surface area contributed by atoms with E-state index < -0.39 is 21.0 Å². The quantitative estimate of drug-likeness (QED) is 0.365. The normalized spacial score (nSPS) is 15.8. The van der Waals surface area contributed by atoms with Crippen molar-refractivity contribution >= 4 is 18.3 Å². The standard InChI is InChI=1S/C14H31F3Si2/c1-4-10-19(11-5-2)14(17)12(3)6-8-18-9-7-13(15)16/h12-14,19H,4-11,18H2,1-3H3. The molecular weight excluding hydrogens is 281 g/mol. The number of rotatable bonds is 12. The zero-order valence-electron chi connectivity index (χ0n) is 12.8. The molecule has 0 rings (SSSR count). The van der Waals surface area contributed by atoms with Crippen LogP contribution in [0.25, 0.3) is 0 Å². The number of hydrogen-bond donors (Lipinski definition) is 0. The summed E-state index contributed by atoms with van der Waals surface area (Å²) >= 11 is 0. The first kappa shape index (κ1) is 19.2. The molecule has 0 spiro atoms. The average Bonchev–Trinajstić information content (AvgIpc) is 2.36. The van der Waals surface area contributed by atoms with Crippen LogP contribution in [0.3, 0.4) is 0 Å². The summed E-state index contributed by atoms with van der Waals surface area (Å²) in [5.41, 5.74) is 0. The van der Waals surface area contributed by atoms with Gasteiger partial charge in [-0.2, -0.15) is 0 Å². The highest BCUT2D eigenvalue weighted by Crippen LogP contribution is 2.23. The molecule has 0 aliphatic heterocycles. The zero-order valence-corrected chi connectivity index (χ0v) is 15.4. The van der Waals surface area contributed by atoms with Gasteiger partial charge < -0.3 is 0 Å². The predicted molar refractivity (Wildman–Crippen MR) is 84.8 cm³/mol. The molecule has 2 unspecified atom stereocenters. The van der Waals surface area contributed by atoms with E-state index in [0.717, 1.165) is 37.4 Å². The molecule has 0 aromatic heterocycles. The van der Waals surface area contributed by atoms with Gasteiger partial charge in [0.1, 0.15) is 0 Å². The Morgan fingerprint density at radius 3 is 1.95 bits per heavy atom. The van der Waals surface area contributed by atoms with Crippen molar-refractivity contribution in [3.63, 3.8) is 0 Å². The van der Waals surface area contributed by atoms with Crippen molar-refractivity contribution in [3.8, 4) is 0 Å². The summed E-state index contributed by atoms with van der Waals surface area (Å²) in [5, 5.41) is 0. The smallest absolute Gasteiger partial charge is 0.238 e. The fourth-order valence-corrected chi connectivity index (χ4v) is 8.18. The number of alkyl halides is 3. The Morgan fingerprint density at radius 2 is 1.47 bits per heavy atom. The summed E-state index contributed by atoms with van der Waals surface area (Å²) in [6, 6.07) is 3.98. The summed E-state index contributed by atoms with van der Waals surface area (Å²) < 4.78 is 38.4. The molecule has 19 heavy (non-hydrogen) atoms. The van der Waals surface area contributed by atoms with Gasteiger partial charge in [0.15, 0.2) is 0 Å². The molecule has 0 saturated heterocycles. The first-order valence-electron chi connectivity index (χ1n) is 7.95. The first-order chi connectivity index (χ1) is 9.02. The van der Waals surface area contributed by atoms with Crippen LogP contribution in [0, 0.1) is 5.92 Å². The van der Waals surface area contributed by atoms with Crippen LogP contribution >= 0.6 is 0 Å². The van der Waals surface area contributed by atoms with Gasteiger partial charge in [-0.1, -0.05) is 64.2 Å². The maximum atomic E-state index is 14.4. The second kappa shape index (κ2) is 12.0. The fraction of sp³-hybridized carbons (Fsp3) is 1.00. The highest BCUT2D eigenvalue weighted by molar-refractivity contribution is 6.60. The lowest BCUT2D eigenvalue weighted by atomic mass is 10.1. The Morgan fingerprint density at radius 1 is 0.947 bits per heavy atom. The molecule has 0 fully saturated rings. The molecular formula is C14H31F3Si2. The van der Waals surface area contributed by atoms with E-state index in [0.29, 0.717) is 6.04 Å². The van der Waals surface area contributed by atoms with Gasteiger partial charge in [-0.25, -0.2) is 8.78 Å². The van der Waals surface area contributed by atoms with Crippen molar-refractivity contribution in [2.75, 3.05) is 0 Å². The van der Waals surface area contributed by atoms with Crippen LogP contribution in [0.4, 0.5) is 13.2 Å². The first-order valence-corrected chi connectivity index (χ1v) is 12.2. The minimum Gasteiger partial charge on any atom is -0.251 e. The Kier molecular flexibility index (Phi) is 12.1. The van der Waals surface area contributed by atoms with Crippen molar-refractivity contribution in [2.24, 2.45) is 5.92 Å². The minimum atomic E-state index is -2.15. The Balaban J connectivity index is 3.86. The van der Waals surface area contributed by atoms with Gasteiger partial charge in [-0.15, -0.1) is 0 Å². The van der Waals surface area contributed by atoms with E-state index in [9.17, 15) is 13.2 Å². The topological polar surface area (TPSA) is 0 Å². The molecule has 116 valence electrons. The third-order valence-corrected chi connectivity index (χ3v) is 9.91. The van der Waals surface area contributed by atoms with Crippen molar-refractivity contribution in [1.29, 1.82) is 0 Å². The predicted octanol–water partition coefficient (Wildman–Crippen LogP) is 4.60. The molecule has 2 atom stereocenters. The van der Waals surface area contributed by atoms with Crippen LogP contribution < -0.4 is 0 Å². The third kappa shape index (κ3) is 9.71. The van der Waals surface area contributed by atoms with Crippen LogP contribution in [-0.2, 0) is 0 Å². The lowest BCUT2D eigenvalue weighted by Gasteiger charge is -2.24. The van der Waals surface area contributed by atoms with Crippen molar-refractivity contribution in [1.82, 2.24) is 0 Å². The molecule has 0 aliphatic rings. The Bertz CT molecular complexity index is 197. The van der Waals surface area contributed by atoms with Crippen LogP contribution in [0.5, 0.6) is 0 Å². The van der Waals surface area contributed by atoms with Gasteiger partial charge in [0.2, 0.25) is 6.43 Å². The average molecular weight is 313 g/mol. The lowest BCUT2D eigenvalue weighted by molar-refractivity contribution is 0.144. The van der Waals surface area contributed by atoms with Crippen molar-refractivity contribution in [2.45, 2.75) is 82.9 Å². The number of hydrogen-bond acceptors (Lipinski definition) is 0. The third-order valence-electron chi connectivity index (χ3n) is 3.89. The van der Waals surface area contributed by atoms with E-state index in [4.69, 9.17) is 0 Å². The molecule has 0 aromatic carbocycles. The van der Waals surface area contributed by atoms with E-state index in [1.807, 2.05) is 6.92 Å². The maximum absolute atomic E-state index is 14.4. The molecule has 5 heteroatoms. The van der Waals surface area contributed by atoms with E-state index in [-0.39, 0.29) is 21.9 Å². The summed E-state index contributed by atoms with van der Waals surface area (Å²) in [5.74, 6) is -0.405. The van der Waals surface area contributed by atoms with Gasteiger partial charge >= 0.3 is 0 Å². The van der Waals surface area contributed by atoms with E-state index >= 15 is 0 Å². The van der Waals surface area contributed by atoms with E-state index in [1.54, 1.807) is 0 Å². The molecule has 0 heterocycles. The van der Waals surface area contributed by atoms with Gasteiger partial charge in [0.25, 0.3) is 0 Å². The zero-order chi connectivity index (χ0) is 14.7. The Labute approximate surface area is 121 Å². The molecule has 0 radical (unpaired) electrons. The van der Waals surface area contributed by atoms with Crippen LogP contribution in [0.1, 0.15) is 46.5 Å². The lowest BCUT2D eigenvalue weighted by Crippen LogP contribution is -2.32. The second-order valence-corrected chi connectivity index (χ2v) is 11.2. The van der Waals surface area contributed by atoms with Crippen LogP contribution in [0.2, 0.25) is 24.2 Å². The SMILES string of the molecule is CCC[SiH](CCC)C(F)C(C)CC[SiH2]CCC(F)F. The highest BCUT2D eigenvalue weighted by Gasteiger charge is 2.26. The van der Waals surface area contributed by atoms with E-state index in [1.165, 1.54) is 0 Å². The van der Waals surface area contributed by atoms with Crippen molar-refractivity contribution in [3.05, 3.63) is 0 Å². The van der Waals surface area contributed by atoms with Gasteiger partial charge in [-0.3, -0.25) is 4.39 Å². The minimum absolute atomic E-state index is 0.0582. The van der Waals surface area contributed by atoms with E-state index in [2.05, 4.69) is 13.8 Å². The molecule has 0 nitrogen and oxygen atoms in total. The molecule has 0 bridgehead atoms. The maximum Gasteiger partial charge on any atom is 0.238 e. The summed E-state index contributed by atoms with van der Waals surface area (Å²) in [7, 11) is -1.62. The molecule has 0 amide bonds. The molecule has 0 N–H and O–H groups in total. The molecule has 0 aliphatic carbocycles. The van der Waals surface area contributed by atoms with Crippen LogP contribution in [-0.4, -0.2) is 30.5 Å². The van der Waals surface area contributed by atoms with Gasteiger partial charge in [0.05, 0.1) is 14.6 Å². The monoisotopic (exact) mass is 312 g/mol. The van der Waals surface area contributed by atoms with Gasteiger partial charge in [0, 0.05) is 15.9 Å². The highest BCUT2D eigenvalue weighted by atomic mass is 28.3. The Hall–Kier alpha value is 0.224.